The second-order valence-corrected chi connectivity index (χ2v) is 7.80. The minimum atomic E-state index is 0. The van der Waals surface area contributed by atoms with Gasteiger partial charge >= 0.3 is 0 Å². The molecule has 6 heteroatoms. The Morgan fingerprint density at radius 3 is 2.50 bits per heavy atom. The highest BCUT2D eigenvalue weighted by Gasteiger charge is 2.14. The fraction of sp³-hybridized carbons (Fsp3) is 0.400. The molecule has 0 unspecified atom stereocenters. The fourth-order valence-corrected chi connectivity index (χ4v) is 4.27. The smallest absolute Gasteiger partial charge is 0.268 e. The maximum absolute atomic E-state index is 5.48. The van der Waals surface area contributed by atoms with Gasteiger partial charge in [0, 0.05) is 17.8 Å². The minimum Gasteiger partial charge on any atom is -0.333 e. The molecule has 0 bridgehead atoms. The van der Waals surface area contributed by atoms with Crippen molar-refractivity contribution in [2.24, 2.45) is 0 Å². The molecule has 4 nitrogen and oxygen atoms in total. The third-order valence-corrected chi connectivity index (χ3v) is 5.68. The van der Waals surface area contributed by atoms with Crippen LogP contribution in [0.25, 0.3) is 10.8 Å². The Kier molecular flexibility index (Phi) is 6.83. The van der Waals surface area contributed by atoms with Crippen LogP contribution in [0, 0.1) is 0 Å². The van der Waals surface area contributed by atoms with Crippen LogP contribution >= 0.6 is 23.7 Å². The molecule has 4 rings (SSSR count). The van der Waals surface area contributed by atoms with E-state index >= 15 is 0 Å². The summed E-state index contributed by atoms with van der Waals surface area (Å²) in [5.74, 6) is 1.38. The third kappa shape index (κ3) is 4.93. The number of nitrogens with zero attached hydrogens (tertiary/aromatic N) is 3. The van der Waals surface area contributed by atoms with Crippen molar-refractivity contribution in [1.29, 1.82) is 0 Å². The summed E-state index contributed by atoms with van der Waals surface area (Å²) in [6.45, 7) is 3.47. The second-order valence-electron chi connectivity index (χ2n) is 6.63. The molecule has 1 aliphatic heterocycles. The third-order valence-electron chi connectivity index (χ3n) is 4.62. The van der Waals surface area contributed by atoms with E-state index in [0.717, 1.165) is 17.2 Å². The molecular formula is C20H24ClN3OS. The number of benzene rings is 1. The summed E-state index contributed by atoms with van der Waals surface area (Å²) in [7, 11) is 0. The van der Waals surface area contributed by atoms with Crippen molar-refractivity contribution in [2.75, 3.05) is 13.1 Å². The largest absolute Gasteiger partial charge is 0.333 e. The molecule has 0 amide bonds. The van der Waals surface area contributed by atoms with Gasteiger partial charge < -0.3 is 4.52 Å². The van der Waals surface area contributed by atoms with Crippen molar-refractivity contribution in [3.05, 3.63) is 58.7 Å². The van der Waals surface area contributed by atoms with Crippen LogP contribution in [0.15, 0.2) is 47.0 Å². The van der Waals surface area contributed by atoms with Gasteiger partial charge in [0.25, 0.3) is 5.89 Å². The van der Waals surface area contributed by atoms with Gasteiger partial charge in [-0.05, 0) is 43.6 Å². The molecule has 0 spiro atoms. The Morgan fingerprint density at radius 1 is 0.962 bits per heavy atom. The lowest BCUT2D eigenvalue weighted by Crippen LogP contribution is -2.23. The Morgan fingerprint density at radius 2 is 1.73 bits per heavy atom. The Hall–Kier alpha value is -1.69. The molecule has 1 aliphatic rings. The van der Waals surface area contributed by atoms with Gasteiger partial charge in [0.1, 0.15) is 0 Å². The van der Waals surface area contributed by atoms with E-state index in [1.165, 1.54) is 49.2 Å². The topological polar surface area (TPSA) is 42.2 Å². The van der Waals surface area contributed by atoms with Gasteiger partial charge in [-0.1, -0.05) is 48.3 Å². The number of halogens is 1. The summed E-state index contributed by atoms with van der Waals surface area (Å²) < 4.78 is 5.48. The van der Waals surface area contributed by atoms with E-state index in [2.05, 4.69) is 39.3 Å². The zero-order valence-electron chi connectivity index (χ0n) is 14.8. The zero-order valence-corrected chi connectivity index (χ0v) is 16.4. The monoisotopic (exact) mass is 389 g/mol. The van der Waals surface area contributed by atoms with E-state index < -0.39 is 0 Å². The van der Waals surface area contributed by atoms with E-state index in [4.69, 9.17) is 4.52 Å². The molecule has 26 heavy (non-hydrogen) atoms. The number of likely N-dealkylation sites (tertiary alicyclic amines) is 1. The van der Waals surface area contributed by atoms with E-state index in [1.54, 1.807) is 11.3 Å². The first kappa shape index (κ1) is 19.1. The molecule has 1 aromatic carbocycles. The standard InChI is InChI=1S/C20H23N3OS.ClH/c1-2-7-13-23(12-6-1)15-17-10-11-18(25-17)20-21-19(22-24-20)14-16-8-4-3-5-9-16;/h3-5,8-11H,1-2,6-7,12-15H2;1H. The number of aromatic nitrogens is 2. The van der Waals surface area contributed by atoms with Crippen LogP contribution in [-0.4, -0.2) is 28.1 Å². The van der Waals surface area contributed by atoms with Crippen LogP contribution in [0.1, 0.15) is 41.9 Å². The average Bonchev–Trinajstić information content (AvgIpc) is 3.20. The molecule has 0 saturated carbocycles. The highest BCUT2D eigenvalue weighted by Crippen LogP contribution is 2.28. The van der Waals surface area contributed by atoms with Crippen molar-refractivity contribution in [2.45, 2.75) is 38.6 Å². The van der Waals surface area contributed by atoms with Gasteiger partial charge in [0.05, 0.1) is 4.88 Å². The number of thiophene rings is 1. The molecule has 1 fully saturated rings. The summed E-state index contributed by atoms with van der Waals surface area (Å²) in [6, 6.07) is 14.6. The SMILES string of the molecule is Cl.c1ccc(Cc2noc(-c3ccc(CN4CCCCCC4)s3)n2)cc1. The molecule has 138 valence electrons. The first-order valence-corrected chi connectivity index (χ1v) is 9.86. The molecule has 2 aromatic heterocycles. The van der Waals surface area contributed by atoms with Crippen LogP contribution < -0.4 is 0 Å². The molecule has 0 radical (unpaired) electrons. The highest BCUT2D eigenvalue weighted by atomic mass is 35.5. The van der Waals surface area contributed by atoms with Crippen molar-refractivity contribution in [3.63, 3.8) is 0 Å². The van der Waals surface area contributed by atoms with Crippen LogP contribution in [-0.2, 0) is 13.0 Å². The van der Waals surface area contributed by atoms with Crippen molar-refractivity contribution in [1.82, 2.24) is 15.0 Å². The second kappa shape index (κ2) is 9.31. The van der Waals surface area contributed by atoms with Gasteiger partial charge in [-0.3, -0.25) is 4.90 Å². The maximum atomic E-state index is 5.48. The molecule has 3 aromatic rings. The van der Waals surface area contributed by atoms with Crippen LogP contribution in [0.2, 0.25) is 0 Å². The van der Waals surface area contributed by atoms with Crippen molar-refractivity contribution < 1.29 is 4.52 Å². The Labute approximate surface area is 164 Å². The van der Waals surface area contributed by atoms with Crippen LogP contribution in [0.4, 0.5) is 0 Å². The molecule has 0 N–H and O–H groups in total. The average molecular weight is 390 g/mol. The molecule has 3 heterocycles. The summed E-state index contributed by atoms with van der Waals surface area (Å²) in [4.78, 5) is 9.58. The summed E-state index contributed by atoms with van der Waals surface area (Å²) in [6.07, 6.45) is 6.10. The van der Waals surface area contributed by atoms with Crippen LogP contribution in [0.3, 0.4) is 0 Å². The highest BCUT2D eigenvalue weighted by molar-refractivity contribution is 7.15. The fourth-order valence-electron chi connectivity index (χ4n) is 3.30. The summed E-state index contributed by atoms with van der Waals surface area (Å²) >= 11 is 1.77. The van der Waals surface area contributed by atoms with E-state index in [9.17, 15) is 0 Å². The molecule has 0 atom stereocenters. The summed E-state index contributed by atoms with van der Waals surface area (Å²) in [5.41, 5.74) is 1.20. The lowest BCUT2D eigenvalue weighted by Gasteiger charge is -2.18. The van der Waals surface area contributed by atoms with Gasteiger partial charge in [0.15, 0.2) is 5.82 Å². The van der Waals surface area contributed by atoms with Crippen molar-refractivity contribution in [3.8, 4) is 10.8 Å². The van der Waals surface area contributed by atoms with E-state index in [1.807, 2.05) is 18.2 Å². The summed E-state index contributed by atoms with van der Waals surface area (Å²) in [5, 5.41) is 4.14. The maximum Gasteiger partial charge on any atom is 0.268 e. The number of rotatable bonds is 5. The first-order valence-electron chi connectivity index (χ1n) is 9.05. The van der Waals surface area contributed by atoms with Gasteiger partial charge in [0.2, 0.25) is 0 Å². The minimum absolute atomic E-state index is 0. The molecule has 0 aliphatic carbocycles. The van der Waals surface area contributed by atoms with Gasteiger partial charge in [-0.2, -0.15) is 4.98 Å². The number of hydrogen-bond acceptors (Lipinski definition) is 5. The number of hydrogen-bond donors (Lipinski definition) is 0. The first-order chi connectivity index (χ1) is 12.4. The van der Waals surface area contributed by atoms with Crippen molar-refractivity contribution >= 4 is 23.7 Å². The molecular weight excluding hydrogens is 366 g/mol. The van der Waals surface area contributed by atoms with E-state index in [-0.39, 0.29) is 12.4 Å². The lowest BCUT2D eigenvalue weighted by molar-refractivity contribution is 0.279. The normalized spacial score (nSPS) is 15.4. The Bertz CT molecular complexity index is 794. The predicted octanol–water partition coefficient (Wildman–Crippen LogP) is 5.19. The predicted molar refractivity (Wildman–Crippen MR) is 108 cm³/mol. The quantitative estimate of drug-likeness (QED) is 0.602. The van der Waals surface area contributed by atoms with Gasteiger partial charge in [-0.25, -0.2) is 0 Å². The lowest BCUT2D eigenvalue weighted by atomic mass is 10.1. The van der Waals surface area contributed by atoms with E-state index in [0.29, 0.717) is 12.3 Å². The zero-order chi connectivity index (χ0) is 16.9. The van der Waals surface area contributed by atoms with Crippen LogP contribution in [0.5, 0.6) is 0 Å². The Balaban J connectivity index is 0.00000196. The molecule has 1 saturated heterocycles. The van der Waals surface area contributed by atoms with Gasteiger partial charge in [-0.15, -0.1) is 23.7 Å².